The first-order valence-corrected chi connectivity index (χ1v) is 6.78. The van der Waals surface area contributed by atoms with E-state index >= 15 is 0 Å². The van der Waals surface area contributed by atoms with Crippen molar-refractivity contribution < 1.29 is 4.74 Å². The fourth-order valence-electron chi connectivity index (χ4n) is 3.27. The molecule has 0 bridgehead atoms. The highest BCUT2D eigenvalue weighted by atomic mass is 16.5. The molecule has 2 rings (SSSR count). The smallest absolute Gasteiger partial charge is 0.0726 e. The maximum absolute atomic E-state index is 5.65. The third kappa shape index (κ3) is 2.76. The van der Waals surface area contributed by atoms with Crippen LogP contribution in [0.15, 0.2) is 0 Å². The molecule has 0 amide bonds. The average Bonchev–Trinajstić information content (AvgIpc) is 2.39. The summed E-state index contributed by atoms with van der Waals surface area (Å²) in [6.07, 6.45) is 8.38. The Morgan fingerprint density at radius 3 is 2.62 bits per heavy atom. The Morgan fingerprint density at radius 1 is 1.12 bits per heavy atom. The summed E-state index contributed by atoms with van der Waals surface area (Å²) in [4.78, 5) is 2.58. The van der Waals surface area contributed by atoms with Crippen LogP contribution in [0.25, 0.3) is 0 Å². The van der Waals surface area contributed by atoms with Gasteiger partial charge in [-0.25, -0.2) is 0 Å². The quantitative estimate of drug-likeness (QED) is 0.791. The molecule has 3 unspecified atom stereocenters. The van der Waals surface area contributed by atoms with Gasteiger partial charge in [-0.2, -0.15) is 0 Å². The first kappa shape index (κ1) is 12.3. The predicted molar refractivity (Wildman–Crippen MR) is 66.7 cm³/mol. The molecule has 2 fully saturated rings. The molecule has 1 saturated carbocycles. The molecule has 3 heteroatoms. The van der Waals surface area contributed by atoms with Crippen molar-refractivity contribution in [3.05, 3.63) is 0 Å². The highest BCUT2D eigenvalue weighted by Gasteiger charge is 2.32. The number of piperidine rings is 1. The zero-order valence-electron chi connectivity index (χ0n) is 10.7. The van der Waals surface area contributed by atoms with Gasteiger partial charge in [0.25, 0.3) is 0 Å². The fraction of sp³-hybridized carbons (Fsp3) is 1.00. The van der Waals surface area contributed by atoms with Gasteiger partial charge in [-0.1, -0.05) is 12.8 Å². The van der Waals surface area contributed by atoms with Crippen LogP contribution in [0.2, 0.25) is 0 Å². The molecular formula is C13H26N2O. The van der Waals surface area contributed by atoms with Gasteiger partial charge < -0.3 is 10.1 Å². The Morgan fingerprint density at radius 2 is 1.94 bits per heavy atom. The second-order valence-corrected chi connectivity index (χ2v) is 5.29. The Bertz CT molecular complexity index is 204. The van der Waals surface area contributed by atoms with Crippen LogP contribution in [0, 0.1) is 0 Å². The van der Waals surface area contributed by atoms with Gasteiger partial charge in [-0.05, 0) is 39.3 Å². The third-order valence-electron chi connectivity index (χ3n) is 4.34. The normalized spacial score (nSPS) is 36.6. The number of hydrogen-bond acceptors (Lipinski definition) is 3. The minimum Gasteiger partial charge on any atom is -0.380 e. The van der Waals surface area contributed by atoms with Crippen LogP contribution in [0.4, 0.5) is 0 Å². The number of nitrogens with zero attached hydrogens (tertiary/aromatic N) is 1. The standard InChI is InChI=1S/C13H26N2O/c1-15(11-6-5-9-14-10-11)12-7-3-4-8-13(12)16-2/h11-14H,3-10H2,1-2H3. The summed E-state index contributed by atoms with van der Waals surface area (Å²) in [6.45, 7) is 2.35. The summed E-state index contributed by atoms with van der Waals surface area (Å²) in [5.74, 6) is 0. The molecule has 1 heterocycles. The van der Waals surface area contributed by atoms with Gasteiger partial charge in [-0.15, -0.1) is 0 Å². The van der Waals surface area contributed by atoms with Gasteiger partial charge in [0.1, 0.15) is 0 Å². The molecule has 94 valence electrons. The van der Waals surface area contributed by atoms with E-state index in [2.05, 4.69) is 17.3 Å². The summed E-state index contributed by atoms with van der Waals surface area (Å²) in [7, 11) is 4.16. The fourth-order valence-corrected chi connectivity index (χ4v) is 3.27. The van der Waals surface area contributed by atoms with Crippen LogP contribution in [0.1, 0.15) is 38.5 Å². The van der Waals surface area contributed by atoms with Gasteiger partial charge in [0, 0.05) is 25.7 Å². The van der Waals surface area contributed by atoms with E-state index in [1.807, 2.05) is 7.11 Å². The molecule has 1 saturated heterocycles. The van der Waals surface area contributed by atoms with Gasteiger partial charge >= 0.3 is 0 Å². The van der Waals surface area contributed by atoms with Crippen molar-refractivity contribution in [1.29, 1.82) is 0 Å². The van der Waals surface area contributed by atoms with Crippen molar-refractivity contribution in [1.82, 2.24) is 10.2 Å². The Balaban J connectivity index is 1.92. The highest BCUT2D eigenvalue weighted by Crippen LogP contribution is 2.26. The maximum Gasteiger partial charge on any atom is 0.0726 e. The van der Waals surface area contributed by atoms with Crippen LogP contribution >= 0.6 is 0 Å². The molecule has 0 radical (unpaired) electrons. The number of nitrogens with one attached hydrogen (secondary N) is 1. The zero-order chi connectivity index (χ0) is 11.4. The van der Waals surface area contributed by atoms with Crippen molar-refractivity contribution in [2.75, 3.05) is 27.2 Å². The zero-order valence-corrected chi connectivity index (χ0v) is 10.7. The van der Waals surface area contributed by atoms with Crippen LogP contribution < -0.4 is 5.32 Å². The van der Waals surface area contributed by atoms with Crippen molar-refractivity contribution in [3.63, 3.8) is 0 Å². The first-order valence-electron chi connectivity index (χ1n) is 6.78. The Kier molecular flexibility index (Phi) is 4.62. The second kappa shape index (κ2) is 5.99. The Hall–Kier alpha value is -0.120. The van der Waals surface area contributed by atoms with E-state index in [1.165, 1.54) is 45.1 Å². The van der Waals surface area contributed by atoms with Crippen molar-refractivity contribution in [2.45, 2.75) is 56.7 Å². The molecule has 1 aliphatic heterocycles. The molecule has 0 aromatic carbocycles. The molecule has 1 aliphatic carbocycles. The van der Waals surface area contributed by atoms with Gasteiger partial charge in [0.2, 0.25) is 0 Å². The number of ether oxygens (including phenoxy) is 1. The van der Waals surface area contributed by atoms with E-state index in [0.717, 1.165) is 12.6 Å². The molecule has 3 atom stereocenters. The summed E-state index contributed by atoms with van der Waals surface area (Å²) in [5.41, 5.74) is 0. The van der Waals surface area contributed by atoms with E-state index in [1.54, 1.807) is 0 Å². The molecule has 3 nitrogen and oxygen atoms in total. The van der Waals surface area contributed by atoms with E-state index in [-0.39, 0.29) is 0 Å². The summed E-state index contributed by atoms with van der Waals surface area (Å²) in [6, 6.07) is 1.36. The van der Waals surface area contributed by atoms with E-state index in [9.17, 15) is 0 Å². The largest absolute Gasteiger partial charge is 0.380 e. The van der Waals surface area contributed by atoms with Gasteiger partial charge in [0.05, 0.1) is 6.10 Å². The number of hydrogen-bond donors (Lipinski definition) is 1. The topological polar surface area (TPSA) is 24.5 Å². The van der Waals surface area contributed by atoms with Crippen LogP contribution in [0.5, 0.6) is 0 Å². The predicted octanol–water partition coefficient (Wildman–Crippen LogP) is 1.63. The van der Waals surface area contributed by atoms with Crippen LogP contribution in [0.3, 0.4) is 0 Å². The molecule has 16 heavy (non-hydrogen) atoms. The van der Waals surface area contributed by atoms with E-state index < -0.39 is 0 Å². The minimum absolute atomic E-state index is 0.459. The average molecular weight is 226 g/mol. The minimum atomic E-state index is 0.459. The summed E-state index contributed by atoms with van der Waals surface area (Å²) in [5, 5.41) is 3.51. The van der Waals surface area contributed by atoms with Crippen LogP contribution in [-0.2, 0) is 4.74 Å². The van der Waals surface area contributed by atoms with Gasteiger partial charge in [0.15, 0.2) is 0 Å². The monoisotopic (exact) mass is 226 g/mol. The molecule has 2 aliphatic rings. The Labute approximate surface area is 99.5 Å². The first-order chi connectivity index (χ1) is 7.83. The SMILES string of the molecule is COC1CCCCC1N(C)C1CCCNC1. The van der Waals surface area contributed by atoms with E-state index in [4.69, 9.17) is 4.74 Å². The molecule has 0 aromatic heterocycles. The molecular weight excluding hydrogens is 200 g/mol. The van der Waals surface area contributed by atoms with E-state index in [0.29, 0.717) is 12.1 Å². The lowest BCUT2D eigenvalue weighted by Crippen LogP contribution is -2.53. The molecule has 1 N–H and O–H groups in total. The van der Waals surface area contributed by atoms with Crippen LogP contribution in [-0.4, -0.2) is 50.3 Å². The third-order valence-corrected chi connectivity index (χ3v) is 4.34. The molecule has 0 aromatic rings. The molecule has 0 spiro atoms. The number of likely N-dealkylation sites (N-methyl/N-ethyl adjacent to an activating group) is 1. The number of methoxy groups -OCH3 is 1. The van der Waals surface area contributed by atoms with Crippen molar-refractivity contribution in [2.24, 2.45) is 0 Å². The summed E-state index contributed by atoms with van der Waals surface area (Å²) >= 11 is 0. The van der Waals surface area contributed by atoms with Gasteiger partial charge in [-0.3, -0.25) is 4.90 Å². The maximum atomic E-state index is 5.65. The highest BCUT2D eigenvalue weighted by molar-refractivity contribution is 4.88. The second-order valence-electron chi connectivity index (χ2n) is 5.29. The lowest BCUT2D eigenvalue weighted by Gasteiger charge is -2.42. The van der Waals surface area contributed by atoms with Crippen molar-refractivity contribution >= 4 is 0 Å². The van der Waals surface area contributed by atoms with Crippen molar-refractivity contribution in [3.8, 4) is 0 Å². The number of rotatable bonds is 3. The lowest BCUT2D eigenvalue weighted by molar-refractivity contribution is -0.0194. The lowest BCUT2D eigenvalue weighted by atomic mass is 9.89. The summed E-state index contributed by atoms with van der Waals surface area (Å²) < 4.78 is 5.65.